The molecule has 0 aromatic heterocycles. The summed E-state index contributed by atoms with van der Waals surface area (Å²) in [5.41, 5.74) is -0.839. The Morgan fingerprint density at radius 3 is 2.33 bits per heavy atom. The van der Waals surface area contributed by atoms with Crippen LogP contribution in [0.5, 0.6) is 0 Å². The molecule has 0 bridgehead atoms. The van der Waals surface area contributed by atoms with Crippen LogP contribution in [-0.2, 0) is 0 Å². The first-order chi connectivity index (χ1) is 8.31. The SMILES string of the molecule is CCN(CC(C)(C)O)C(=O)NC1CCC(C)CC1. The minimum Gasteiger partial charge on any atom is -0.389 e. The third kappa shape index (κ3) is 5.25. The van der Waals surface area contributed by atoms with E-state index in [1.807, 2.05) is 6.92 Å². The van der Waals surface area contributed by atoms with Gasteiger partial charge in [-0.1, -0.05) is 6.92 Å². The van der Waals surface area contributed by atoms with Gasteiger partial charge < -0.3 is 15.3 Å². The quantitative estimate of drug-likeness (QED) is 0.811. The number of aliphatic hydroxyl groups is 1. The first kappa shape index (κ1) is 15.3. The Hall–Kier alpha value is -0.770. The van der Waals surface area contributed by atoms with Crippen LogP contribution in [0.3, 0.4) is 0 Å². The van der Waals surface area contributed by atoms with Gasteiger partial charge in [0.1, 0.15) is 0 Å². The summed E-state index contributed by atoms with van der Waals surface area (Å²) in [4.78, 5) is 13.8. The van der Waals surface area contributed by atoms with E-state index >= 15 is 0 Å². The van der Waals surface area contributed by atoms with Crippen LogP contribution in [0.1, 0.15) is 53.4 Å². The monoisotopic (exact) mass is 256 g/mol. The summed E-state index contributed by atoms with van der Waals surface area (Å²) in [6.45, 7) is 8.66. The highest BCUT2D eigenvalue weighted by molar-refractivity contribution is 5.74. The maximum Gasteiger partial charge on any atom is 0.317 e. The largest absolute Gasteiger partial charge is 0.389 e. The fraction of sp³-hybridized carbons (Fsp3) is 0.929. The standard InChI is InChI=1S/C14H28N2O2/c1-5-16(10-14(3,4)18)13(17)15-12-8-6-11(2)7-9-12/h11-12,18H,5-10H2,1-4H3,(H,15,17). The fourth-order valence-electron chi connectivity index (χ4n) is 2.46. The van der Waals surface area contributed by atoms with Gasteiger partial charge in [0, 0.05) is 12.6 Å². The minimum absolute atomic E-state index is 0.0424. The zero-order chi connectivity index (χ0) is 13.8. The number of amides is 2. The second-order valence-electron chi connectivity index (χ2n) is 6.23. The number of likely N-dealkylation sites (N-methyl/N-ethyl adjacent to an activating group) is 1. The van der Waals surface area contributed by atoms with Crippen molar-refractivity contribution >= 4 is 6.03 Å². The Labute approximate surface area is 111 Å². The third-order valence-electron chi connectivity index (χ3n) is 3.59. The number of nitrogens with one attached hydrogen (secondary N) is 1. The normalized spacial score (nSPS) is 24.7. The molecule has 18 heavy (non-hydrogen) atoms. The summed E-state index contributed by atoms with van der Waals surface area (Å²) >= 11 is 0. The Kier molecular flexibility index (Phi) is 5.45. The molecule has 4 nitrogen and oxygen atoms in total. The number of carbonyl (C=O) groups is 1. The van der Waals surface area contributed by atoms with Crippen LogP contribution in [0.15, 0.2) is 0 Å². The smallest absolute Gasteiger partial charge is 0.317 e. The molecule has 1 aliphatic carbocycles. The van der Waals surface area contributed by atoms with E-state index in [0.717, 1.165) is 18.8 Å². The van der Waals surface area contributed by atoms with Crippen LogP contribution in [0.4, 0.5) is 4.79 Å². The van der Waals surface area contributed by atoms with Crippen molar-refractivity contribution in [2.75, 3.05) is 13.1 Å². The maximum atomic E-state index is 12.1. The summed E-state index contributed by atoms with van der Waals surface area (Å²) in [5.74, 6) is 0.789. The molecule has 2 N–H and O–H groups in total. The Bertz CT molecular complexity index is 265. The van der Waals surface area contributed by atoms with Gasteiger partial charge in [-0.3, -0.25) is 0 Å². The molecular formula is C14H28N2O2. The highest BCUT2D eigenvalue weighted by Crippen LogP contribution is 2.23. The topological polar surface area (TPSA) is 52.6 Å². The molecule has 2 amide bonds. The molecule has 1 rings (SSSR count). The number of carbonyl (C=O) groups excluding carboxylic acids is 1. The average molecular weight is 256 g/mol. The van der Waals surface area contributed by atoms with Crippen LogP contribution < -0.4 is 5.32 Å². The first-order valence-electron chi connectivity index (χ1n) is 7.09. The lowest BCUT2D eigenvalue weighted by molar-refractivity contribution is 0.0472. The van der Waals surface area contributed by atoms with Crippen molar-refractivity contribution in [3.8, 4) is 0 Å². The molecule has 106 valence electrons. The second-order valence-corrected chi connectivity index (χ2v) is 6.23. The molecule has 0 saturated heterocycles. The molecule has 0 aliphatic heterocycles. The van der Waals surface area contributed by atoms with Crippen LogP contribution in [0.25, 0.3) is 0 Å². The van der Waals surface area contributed by atoms with Crippen molar-refractivity contribution in [2.24, 2.45) is 5.92 Å². The number of hydrogen-bond acceptors (Lipinski definition) is 2. The average Bonchev–Trinajstić information content (AvgIpc) is 2.27. The lowest BCUT2D eigenvalue weighted by Gasteiger charge is -2.32. The lowest BCUT2D eigenvalue weighted by atomic mass is 9.87. The highest BCUT2D eigenvalue weighted by atomic mass is 16.3. The van der Waals surface area contributed by atoms with Crippen LogP contribution in [0, 0.1) is 5.92 Å². The number of nitrogens with zero attached hydrogens (tertiary/aromatic N) is 1. The summed E-state index contributed by atoms with van der Waals surface area (Å²) in [5, 5.41) is 12.9. The summed E-state index contributed by atoms with van der Waals surface area (Å²) in [6, 6.07) is 0.267. The number of rotatable bonds is 4. The van der Waals surface area contributed by atoms with Crippen molar-refractivity contribution in [3.05, 3.63) is 0 Å². The van der Waals surface area contributed by atoms with Crippen molar-refractivity contribution in [2.45, 2.75) is 65.0 Å². The van der Waals surface area contributed by atoms with E-state index in [1.165, 1.54) is 12.8 Å². The van der Waals surface area contributed by atoms with Gasteiger partial charge in [-0.05, 0) is 52.4 Å². The zero-order valence-electron chi connectivity index (χ0n) is 12.2. The lowest BCUT2D eigenvalue weighted by Crippen LogP contribution is -2.50. The Morgan fingerprint density at radius 2 is 1.89 bits per heavy atom. The van der Waals surface area contributed by atoms with E-state index in [-0.39, 0.29) is 6.03 Å². The van der Waals surface area contributed by atoms with Gasteiger partial charge in [0.2, 0.25) is 0 Å². The molecule has 0 heterocycles. The molecule has 0 radical (unpaired) electrons. The summed E-state index contributed by atoms with van der Waals surface area (Å²) in [7, 11) is 0. The third-order valence-corrected chi connectivity index (χ3v) is 3.59. The van der Waals surface area contributed by atoms with E-state index in [2.05, 4.69) is 12.2 Å². The van der Waals surface area contributed by atoms with Crippen molar-refractivity contribution in [3.63, 3.8) is 0 Å². The van der Waals surface area contributed by atoms with Crippen molar-refractivity contribution in [1.29, 1.82) is 0 Å². The predicted octanol–water partition coefficient (Wildman–Crippen LogP) is 2.37. The molecule has 0 unspecified atom stereocenters. The van der Waals surface area contributed by atoms with Gasteiger partial charge in [0.25, 0.3) is 0 Å². The number of urea groups is 1. The van der Waals surface area contributed by atoms with Gasteiger partial charge in [-0.2, -0.15) is 0 Å². The van der Waals surface area contributed by atoms with E-state index < -0.39 is 5.60 Å². The van der Waals surface area contributed by atoms with Crippen LogP contribution >= 0.6 is 0 Å². The molecular weight excluding hydrogens is 228 g/mol. The molecule has 4 heteroatoms. The molecule has 1 aliphatic rings. The number of hydrogen-bond donors (Lipinski definition) is 2. The zero-order valence-corrected chi connectivity index (χ0v) is 12.2. The Balaban J connectivity index is 2.42. The van der Waals surface area contributed by atoms with Crippen molar-refractivity contribution < 1.29 is 9.90 Å². The molecule has 1 fully saturated rings. The predicted molar refractivity (Wildman–Crippen MR) is 73.5 cm³/mol. The Morgan fingerprint density at radius 1 is 1.33 bits per heavy atom. The summed E-state index contributed by atoms with van der Waals surface area (Å²) < 4.78 is 0. The van der Waals surface area contributed by atoms with Crippen LogP contribution in [-0.4, -0.2) is 40.8 Å². The first-order valence-corrected chi connectivity index (χ1v) is 7.09. The maximum absolute atomic E-state index is 12.1. The fourth-order valence-corrected chi connectivity index (χ4v) is 2.46. The van der Waals surface area contributed by atoms with E-state index in [0.29, 0.717) is 19.1 Å². The van der Waals surface area contributed by atoms with Gasteiger partial charge in [0.15, 0.2) is 0 Å². The van der Waals surface area contributed by atoms with E-state index in [4.69, 9.17) is 0 Å². The van der Waals surface area contributed by atoms with Gasteiger partial charge in [-0.15, -0.1) is 0 Å². The van der Waals surface area contributed by atoms with Gasteiger partial charge >= 0.3 is 6.03 Å². The molecule has 0 spiro atoms. The highest BCUT2D eigenvalue weighted by Gasteiger charge is 2.24. The van der Waals surface area contributed by atoms with Crippen molar-refractivity contribution in [1.82, 2.24) is 10.2 Å². The van der Waals surface area contributed by atoms with Gasteiger partial charge in [0.05, 0.1) is 12.1 Å². The molecule has 1 saturated carbocycles. The molecule has 0 aromatic carbocycles. The van der Waals surface area contributed by atoms with Gasteiger partial charge in [-0.25, -0.2) is 4.79 Å². The summed E-state index contributed by atoms with van der Waals surface area (Å²) in [6.07, 6.45) is 4.55. The van der Waals surface area contributed by atoms with E-state index in [1.54, 1.807) is 18.7 Å². The second kappa shape index (κ2) is 6.41. The van der Waals surface area contributed by atoms with E-state index in [9.17, 15) is 9.90 Å². The minimum atomic E-state index is -0.839. The molecule has 0 atom stereocenters. The molecule has 0 aromatic rings. The van der Waals surface area contributed by atoms with Crippen LogP contribution in [0.2, 0.25) is 0 Å².